The third-order valence-corrected chi connectivity index (χ3v) is 3.18. The number of rotatable bonds is 7. The second-order valence-corrected chi connectivity index (χ2v) is 4.68. The summed E-state index contributed by atoms with van der Waals surface area (Å²) in [5, 5.41) is 2.61. The average molecular weight is 240 g/mol. The molecule has 17 heavy (non-hydrogen) atoms. The molecular weight excluding hydrogens is 216 g/mol. The summed E-state index contributed by atoms with van der Waals surface area (Å²) in [6, 6.07) is 0. The summed E-state index contributed by atoms with van der Waals surface area (Å²) < 4.78 is 0. The summed E-state index contributed by atoms with van der Waals surface area (Å²) in [7, 11) is 0. The standard InChI is InChI=1S/C13H24N2O2/c1-2-3-4-5-6-7-9-15-10-8-12(16)14-11-13(15)17/h2-11H2,1H3,(H,14,16). The van der Waals surface area contributed by atoms with Crippen molar-refractivity contribution in [3.63, 3.8) is 0 Å². The number of hydrogen-bond donors (Lipinski definition) is 1. The molecule has 0 aromatic carbocycles. The Morgan fingerprint density at radius 2 is 1.82 bits per heavy atom. The van der Waals surface area contributed by atoms with Crippen molar-refractivity contribution in [3.05, 3.63) is 0 Å². The molecule has 1 saturated heterocycles. The van der Waals surface area contributed by atoms with Crippen LogP contribution in [0, 0.1) is 0 Å². The minimum Gasteiger partial charge on any atom is -0.347 e. The second kappa shape index (κ2) is 8.09. The molecule has 1 aliphatic rings. The SMILES string of the molecule is CCCCCCCCN1CCC(=O)NCC1=O. The van der Waals surface area contributed by atoms with Gasteiger partial charge in [-0.3, -0.25) is 9.59 Å². The van der Waals surface area contributed by atoms with Gasteiger partial charge in [-0.1, -0.05) is 39.0 Å². The van der Waals surface area contributed by atoms with Crippen molar-refractivity contribution in [2.24, 2.45) is 0 Å². The van der Waals surface area contributed by atoms with Crippen LogP contribution >= 0.6 is 0 Å². The zero-order valence-electron chi connectivity index (χ0n) is 10.8. The lowest BCUT2D eigenvalue weighted by Crippen LogP contribution is -2.35. The molecule has 1 heterocycles. The van der Waals surface area contributed by atoms with Crippen LogP contribution in [-0.2, 0) is 9.59 Å². The molecule has 1 rings (SSSR count). The number of amides is 2. The predicted molar refractivity (Wildman–Crippen MR) is 67.6 cm³/mol. The minimum atomic E-state index is -0.0104. The van der Waals surface area contributed by atoms with E-state index in [9.17, 15) is 9.59 Å². The van der Waals surface area contributed by atoms with E-state index in [1.54, 1.807) is 0 Å². The fourth-order valence-electron chi connectivity index (χ4n) is 2.06. The first-order chi connectivity index (χ1) is 8.24. The van der Waals surface area contributed by atoms with Gasteiger partial charge in [0.05, 0.1) is 6.54 Å². The summed E-state index contributed by atoms with van der Waals surface area (Å²) in [4.78, 5) is 24.6. The molecule has 1 N–H and O–H groups in total. The summed E-state index contributed by atoms with van der Waals surface area (Å²) >= 11 is 0. The molecule has 0 radical (unpaired) electrons. The first kappa shape index (κ1) is 14.0. The third kappa shape index (κ3) is 5.71. The van der Waals surface area contributed by atoms with Gasteiger partial charge in [0.25, 0.3) is 0 Å². The van der Waals surface area contributed by atoms with Gasteiger partial charge in [-0.05, 0) is 6.42 Å². The average Bonchev–Trinajstić information content (AvgIpc) is 2.48. The van der Waals surface area contributed by atoms with Gasteiger partial charge in [0.1, 0.15) is 0 Å². The molecule has 0 aromatic rings. The van der Waals surface area contributed by atoms with Crippen LogP contribution in [0.4, 0.5) is 0 Å². The number of carbonyl (C=O) groups excluding carboxylic acids is 2. The maximum atomic E-state index is 11.6. The van der Waals surface area contributed by atoms with E-state index < -0.39 is 0 Å². The smallest absolute Gasteiger partial charge is 0.241 e. The molecule has 0 aliphatic carbocycles. The molecule has 0 aromatic heterocycles. The van der Waals surface area contributed by atoms with Crippen molar-refractivity contribution in [3.8, 4) is 0 Å². The van der Waals surface area contributed by atoms with Crippen LogP contribution in [0.1, 0.15) is 51.9 Å². The van der Waals surface area contributed by atoms with Crippen molar-refractivity contribution < 1.29 is 9.59 Å². The fourth-order valence-corrected chi connectivity index (χ4v) is 2.06. The second-order valence-electron chi connectivity index (χ2n) is 4.68. The highest BCUT2D eigenvalue weighted by molar-refractivity contribution is 5.87. The van der Waals surface area contributed by atoms with Crippen LogP contribution in [0.3, 0.4) is 0 Å². The highest BCUT2D eigenvalue weighted by Crippen LogP contribution is 2.07. The molecule has 4 nitrogen and oxygen atoms in total. The summed E-state index contributed by atoms with van der Waals surface area (Å²) in [6.45, 7) is 3.77. The number of hydrogen-bond acceptors (Lipinski definition) is 2. The van der Waals surface area contributed by atoms with Crippen molar-refractivity contribution in [1.82, 2.24) is 10.2 Å². The summed E-state index contributed by atoms with van der Waals surface area (Å²) in [5.74, 6) is 0.0493. The first-order valence-corrected chi connectivity index (χ1v) is 6.78. The van der Waals surface area contributed by atoms with E-state index in [2.05, 4.69) is 12.2 Å². The lowest BCUT2D eigenvalue weighted by Gasteiger charge is -2.19. The quantitative estimate of drug-likeness (QED) is 0.688. The van der Waals surface area contributed by atoms with Crippen LogP contribution in [0.5, 0.6) is 0 Å². The predicted octanol–water partition coefficient (Wildman–Crippen LogP) is 1.70. The van der Waals surface area contributed by atoms with E-state index in [1.807, 2.05) is 4.90 Å². The molecule has 0 bridgehead atoms. The first-order valence-electron chi connectivity index (χ1n) is 6.78. The van der Waals surface area contributed by atoms with Gasteiger partial charge in [-0.2, -0.15) is 0 Å². The lowest BCUT2D eigenvalue weighted by atomic mass is 10.1. The largest absolute Gasteiger partial charge is 0.347 e. The van der Waals surface area contributed by atoms with E-state index in [0.717, 1.165) is 13.0 Å². The van der Waals surface area contributed by atoms with E-state index in [1.165, 1.54) is 32.1 Å². The van der Waals surface area contributed by atoms with Crippen molar-refractivity contribution in [1.29, 1.82) is 0 Å². The molecule has 98 valence electrons. The Morgan fingerprint density at radius 1 is 1.12 bits per heavy atom. The number of unbranched alkanes of at least 4 members (excludes halogenated alkanes) is 5. The molecule has 2 amide bonds. The third-order valence-electron chi connectivity index (χ3n) is 3.18. The Kier molecular flexibility index (Phi) is 6.67. The maximum absolute atomic E-state index is 11.6. The molecule has 4 heteroatoms. The van der Waals surface area contributed by atoms with E-state index in [4.69, 9.17) is 0 Å². The van der Waals surface area contributed by atoms with Gasteiger partial charge in [0, 0.05) is 19.5 Å². The van der Waals surface area contributed by atoms with Gasteiger partial charge < -0.3 is 10.2 Å². The van der Waals surface area contributed by atoms with Crippen LogP contribution in [0.25, 0.3) is 0 Å². The number of carbonyl (C=O) groups is 2. The van der Waals surface area contributed by atoms with Gasteiger partial charge in [-0.15, -0.1) is 0 Å². The molecule has 0 spiro atoms. The van der Waals surface area contributed by atoms with Crippen LogP contribution < -0.4 is 5.32 Å². The highest BCUT2D eigenvalue weighted by atomic mass is 16.2. The maximum Gasteiger partial charge on any atom is 0.241 e. The number of nitrogens with one attached hydrogen (secondary N) is 1. The Hall–Kier alpha value is -1.06. The van der Waals surface area contributed by atoms with Crippen molar-refractivity contribution >= 4 is 11.8 Å². The Morgan fingerprint density at radius 3 is 2.59 bits per heavy atom. The molecule has 0 saturated carbocycles. The fraction of sp³-hybridized carbons (Fsp3) is 0.846. The zero-order chi connectivity index (χ0) is 12.5. The lowest BCUT2D eigenvalue weighted by molar-refractivity contribution is -0.130. The van der Waals surface area contributed by atoms with Gasteiger partial charge in [0.2, 0.25) is 11.8 Å². The zero-order valence-corrected chi connectivity index (χ0v) is 10.8. The van der Waals surface area contributed by atoms with Crippen LogP contribution in [0.2, 0.25) is 0 Å². The van der Waals surface area contributed by atoms with E-state index in [-0.39, 0.29) is 18.4 Å². The monoisotopic (exact) mass is 240 g/mol. The van der Waals surface area contributed by atoms with Crippen molar-refractivity contribution in [2.45, 2.75) is 51.9 Å². The molecule has 1 aliphatic heterocycles. The van der Waals surface area contributed by atoms with E-state index >= 15 is 0 Å². The van der Waals surface area contributed by atoms with Crippen LogP contribution in [-0.4, -0.2) is 36.3 Å². The van der Waals surface area contributed by atoms with E-state index in [0.29, 0.717) is 13.0 Å². The molecule has 1 fully saturated rings. The molecule has 0 atom stereocenters. The van der Waals surface area contributed by atoms with Crippen molar-refractivity contribution in [2.75, 3.05) is 19.6 Å². The van der Waals surface area contributed by atoms with Gasteiger partial charge in [-0.25, -0.2) is 0 Å². The Balaban J connectivity index is 2.12. The minimum absolute atomic E-state index is 0.0104. The Labute approximate surface area is 104 Å². The summed E-state index contributed by atoms with van der Waals surface area (Å²) in [6.07, 6.45) is 7.81. The summed E-state index contributed by atoms with van der Waals surface area (Å²) in [5.41, 5.74) is 0. The Bertz CT molecular complexity index is 254. The number of nitrogens with zero attached hydrogens (tertiary/aromatic N) is 1. The molecular formula is C13H24N2O2. The molecule has 0 unspecified atom stereocenters. The van der Waals surface area contributed by atoms with Crippen LogP contribution in [0.15, 0.2) is 0 Å². The van der Waals surface area contributed by atoms with Gasteiger partial charge >= 0.3 is 0 Å². The normalized spacial score (nSPS) is 16.9. The topological polar surface area (TPSA) is 49.4 Å². The highest BCUT2D eigenvalue weighted by Gasteiger charge is 2.18. The van der Waals surface area contributed by atoms with Gasteiger partial charge in [0.15, 0.2) is 0 Å².